The van der Waals surface area contributed by atoms with Gasteiger partial charge in [-0.2, -0.15) is 0 Å². The number of nitro benzene ring substituents is 1. The van der Waals surface area contributed by atoms with Gasteiger partial charge in [-0.15, -0.1) is 11.8 Å². The van der Waals surface area contributed by atoms with Crippen molar-refractivity contribution in [3.63, 3.8) is 0 Å². The highest BCUT2D eigenvalue weighted by molar-refractivity contribution is 7.98. The molecule has 0 radical (unpaired) electrons. The minimum atomic E-state index is -4.15. The highest BCUT2D eigenvalue weighted by Crippen LogP contribution is 2.32. The molecule has 2 aromatic carbocycles. The largest absolute Gasteiger partial charge is 0.468 e. The van der Waals surface area contributed by atoms with Crippen molar-refractivity contribution in [2.75, 3.05) is 24.2 Å². The lowest BCUT2D eigenvalue weighted by atomic mass is 10.1. The lowest BCUT2D eigenvalue weighted by molar-refractivity contribution is -0.385. The van der Waals surface area contributed by atoms with Crippen molar-refractivity contribution in [3.8, 4) is 0 Å². The fourth-order valence-electron chi connectivity index (χ4n) is 2.44. The fraction of sp³-hybridized carbons (Fsp3) is 0.235. The van der Waals surface area contributed by atoms with Crippen LogP contribution >= 0.6 is 11.8 Å². The zero-order valence-electron chi connectivity index (χ0n) is 14.9. The Morgan fingerprint density at radius 2 is 1.85 bits per heavy atom. The summed E-state index contributed by atoms with van der Waals surface area (Å²) in [7, 11) is -3.01. The first-order valence-electron chi connectivity index (χ1n) is 7.70. The van der Waals surface area contributed by atoms with Crippen LogP contribution in [0.5, 0.6) is 0 Å². The van der Waals surface area contributed by atoms with Gasteiger partial charge in [0.15, 0.2) is 0 Å². The molecule has 0 aliphatic rings. The minimum Gasteiger partial charge on any atom is -0.468 e. The second-order valence-electron chi connectivity index (χ2n) is 5.44. The molecule has 0 aliphatic heterocycles. The van der Waals surface area contributed by atoms with E-state index in [0.717, 1.165) is 16.3 Å². The molecule has 27 heavy (non-hydrogen) atoms. The molecule has 10 heteroatoms. The smallest absolute Gasteiger partial charge is 0.326 e. The van der Waals surface area contributed by atoms with Gasteiger partial charge in [0.1, 0.15) is 6.54 Å². The number of rotatable bonds is 7. The van der Waals surface area contributed by atoms with Crippen LogP contribution < -0.4 is 4.31 Å². The van der Waals surface area contributed by atoms with Crippen molar-refractivity contribution in [1.29, 1.82) is 0 Å². The lowest BCUT2D eigenvalue weighted by Crippen LogP contribution is -2.36. The van der Waals surface area contributed by atoms with Crippen molar-refractivity contribution in [1.82, 2.24) is 0 Å². The van der Waals surface area contributed by atoms with Gasteiger partial charge in [-0.05, 0) is 43.5 Å². The van der Waals surface area contributed by atoms with E-state index in [2.05, 4.69) is 4.74 Å². The summed E-state index contributed by atoms with van der Waals surface area (Å²) in [6, 6.07) is 10.2. The fourth-order valence-corrected chi connectivity index (χ4v) is 4.31. The van der Waals surface area contributed by atoms with Crippen LogP contribution in [0.1, 0.15) is 5.56 Å². The van der Waals surface area contributed by atoms with Crippen LogP contribution in [0, 0.1) is 17.0 Å². The van der Waals surface area contributed by atoms with Gasteiger partial charge in [-0.25, -0.2) is 8.42 Å². The molecule has 0 bridgehead atoms. The van der Waals surface area contributed by atoms with Crippen LogP contribution in [-0.4, -0.2) is 39.2 Å². The maximum absolute atomic E-state index is 13.2. The summed E-state index contributed by atoms with van der Waals surface area (Å²) in [5.74, 6) is -0.787. The average Bonchev–Trinajstić information content (AvgIpc) is 2.66. The molecule has 0 N–H and O–H groups in total. The van der Waals surface area contributed by atoms with Crippen LogP contribution in [0.25, 0.3) is 0 Å². The zero-order valence-corrected chi connectivity index (χ0v) is 16.5. The summed E-state index contributed by atoms with van der Waals surface area (Å²) >= 11 is 1.46. The Bertz CT molecular complexity index is 958. The number of carbonyl (C=O) groups is 1. The molecule has 0 aliphatic carbocycles. The number of thioether (sulfide) groups is 1. The van der Waals surface area contributed by atoms with Crippen molar-refractivity contribution < 1.29 is 22.9 Å². The molecule has 0 saturated heterocycles. The van der Waals surface area contributed by atoms with Crippen molar-refractivity contribution in [3.05, 3.63) is 58.1 Å². The average molecular weight is 410 g/mol. The molecule has 0 amide bonds. The molecule has 0 unspecified atom stereocenters. The number of carbonyl (C=O) groups excluding carboxylic acids is 1. The van der Waals surface area contributed by atoms with E-state index >= 15 is 0 Å². The molecule has 0 fully saturated rings. The molecule has 0 atom stereocenters. The molecule has 2 rings (SSSR count). The Labute approximate surface area is 161 Å². The van der Waals surface area contributed by atoms with E-state index in [0.29, 0.717) is 0 Å². The quantitative estimate of drug-likeness (QED) is 0.299. The minimum absolute atomic E-state index is 0.0323. The molecule has 0 saturated carbocycles. The molecule has 0 heterocycles. The van der Waals surface area contributed by atoms with Gasteiger partial charge in [0, 0.05) is 11.0 Å². The first-order chi connectivity index (χ1) is 12.7. The van der Waals surface area contributed by atoms with Crippen molar-refractivity contribution >= 4 is 39.1 Å². The van der Waals surface area contributed by atoms with Gasteiger partial charge in [-0.1, -0.05) is 6.07 Å². The Morgan fingerprint density at radius 1 is 1.22 bits per heavy atom. The van der Waals surface area contributed by atoms with E-state index in [-0.39, 0.29) is 21.8 Å². The third kappa shape index (κ3) is 4.40. The van der Waals surface area contributed by atoms with Crippen molar-refractivity contribution in [2.45, 2.75) is 16.7 Å². The molecule has 0 spiro atoms. The molecule has 2 aromatic rings. The number of methoxy groups -OCH3 is 1. The number of hydrogen-bond acceptors (Lipinski definition) is 7. The molecular weight excluding hydrogens is 392 g/mol. The predicted molar refractivity (Wildman–Crippen MR) is 103 cm³/mol. The second kappa shape index (κ2) is 8.40. The van der Waals surface area contributed by atoms with Crippen LogP contribution in [-0.2, 0) is 19.6 Å². The maximum Gasteiger partial charge on any atom is 0.326 e. The van der Waals surface area contributed by atoms with Crippen LogP contribution in [0.4, 0.5) is 11.4 Å². The summed E-state index contributed by atoms with van der Waals surface area (Å²) in [4.78, 5) is 23.3. The van der Waals surface area contributed by atoms with Crippen LogP contribution in [0.2, 0.25) is 0 Å². The number of esters is 1. The van der Waals surface area contributed by atoms with E-state index in [4.69, 9.17) is 0 Å². The normalized spacial score (nSPS) is 11.1. The first kappa shape index (κ1) is 20.7. The standard InChI is InChI=1S/C17H18N2O6S2/c1-12-15(5-4-6-16(12)19(21)22)18(11-17(20)25-2)27(23,24)14-9-7-13(26-3)8-10-14/h4-10H,11H2,1-3H3. The summed E-state index contributed by atoms with van der Waals surface area (Å²) < 4.78 is 31.8. The summed E-state index contributed by atoms with van der Waals surface area (Å²) in [6.07, 6.45) is 1.86. The molecular formula is C17H18N2O6S2. The van der Waals surface area contributed by atoms with Crippen LogP contribution in [0.15, 0.2) is 52.3 Å². The topological polar surface area (TPSA) is 107 Å². The second-order valence-corrected chi connectivity index (χ2v) is 8.18. The third-order valence-corrected chi connectivity index (χ3v) is 6.41. The van der Waals surface area contributed by atoms with Gasteiger partial charge in [0.05, 0.1) is 28.2 Å². The summed E-state index contributed by atoms with van der Waals surface area (Å²) in [5.41, 5.74) is -0.0606. The number of benzene rings is 2. The molecule has 144 valence electrons. The maximum atomic E-state index is 13.2. The SMILES string of the molecule is COC(=O)CN(c1cccc([N+](=O)[O-])c1C)S(=O)(=O)c1ccc(SC)cc1. The Balaban J connectivity index is 2.62. The van der Waals surface area contributed by atoms with E-state index in [1.807, 2.05) is 6.26 Å². The molecule has 0 aromatic heterocycles. The number of nitrogens with zero attached hydrogens (tertiary/aromatic N) is 2. The van der Waals surface area contributed by atoms with Gasteiger partial charge in [-0.3, -0.25) is 19.2 Å². The predicted octanol–water partition coefficient (Wildman–Crippen LogP) is 2.99. The monoisotopic (exact) mass is 410 g/mol. The highest BCUT2D eigenvalue weighted by Gasteiger charge is 2.30. The van der Waals surface area contributed by atoms with E-state index in [1.165, 1.54) is 49.0 Å². The number of sulfonamides is 1. The number of ether oxygens (including phenoxy) is 1. The van der Waals surface area contributed by atoms with Crippen molar-refractivity contribution in [2.24, 2.45) is 0 Å². The number of anilines is 1. The van der Waals surface area contributed by atoms with Gasteiger partial charge < -0.3 is 4.74 Å². The first-order valence-corrected chi connectivity index (χ1v) is 10.4. The Morgan fingerprint density at radius 3 is 2.37 bits per heavy atom. The highest BCUT2D eigenvalue weighted by atomic mass is 32.2. The van der Waals surface area contributed by atoms with E-state index in [9.17, 15) is 23.3 Å². The zero-order chi connectivity index (χ0) is 20.2. The van der Waals surface area contributed by atoms with E-state index < -0.39 is 27.5 Å². The third-order valence-electron chi connectivity index (χ3n) is 3.89. The van der Waals surface area contributed by atoms with Gasteiger partial charge in [0.2, 0.25) is 0 Å². The Kier molecular flexibility index (Phi) is 6.45. The lowest BCUT2D eigenvalue weighted by Gasteiger charge is -2.24. The summed E-state index contributed by atoms with van der Waals surface area (Å²) in [5, 5.41) is 11.2. The summed E-state index contributed by atoms with van der Waals surface area (Å²) in [6.45, 7) is 0.829. The number of hydrogen-bond donors (Lipinski definition) is 0. The number of nitro groups is 1. The van der Waals surface area contributed by atoms with Gasteiger partial charge >= 0.3 is 5.97 Å². The van der Waals surface area contributed by atoms with E-state index in [1.54, 1.807) is 12.1 Å². The van der Waals surface area contributed by atoms with Gasteiger partial charge in [0.25, 0.3) is 15.7 Å². The molecule has 8 nitrogen and oxygen atoms in total. The van der Waals surface area contributed by atoms with Crippen LogP contribution in [0.3, 0.4) is 0 Å². The Hall–Kier alpha value is -2.59.